The van der Waals surface area contributed by atoms with Crippen LogP contribution in [0.4, 0.5) is 5.82 Å². The second-order valence-electron chi connectivity index (χ2n) is 4.32. The normalized spacial score (nSPS) is 10.2. The molecule has 1 amide bonds. The fourth-order valence-corrected chi connectivity index (χ4v) is 1.61. The quantitative estimate of drug-likeness (QED) is 0.941. The van der Waals surface area contributed by atoms with Gasteiger partial charge < -0.3 is 10.1 Å². The van der Waals surface area contributed by atoms with Gasteiger partial charge in [-0.25, -0.2) is 0 Å². The Morgan fingerprint density at radius 1 is 1.20 bits per heavy atom. The molecule has 104 valence electrons. The Labute approximate surface area is 121 Å². The van der Waals surface area contributed by atoms with Crippen LogP contribution in [-0.2, 0) is 4.79 Å². The Balaban J connectivity index is 1.88. The van der Waals surface area contributed by atoms with E-state index in [9.17, 15) is 4.79 Å². The second-order valence-corrected chi connectivity index (χ2v) is 4.71. The summed E-state index contributed by atoms with van der Waals surface area (Å²) in [5, 5.41) is 10.2. The molecule has 1 aromatic heterocycles. The van der Waals surface area contributed by atoms with Gasteiger partial charge in [0.1, 0.15) is 5.75 Å². The van der Waals surface area contributed by atoms with Gasteiger partial charge in [0.2, 0.25) is 0 Å². The minimum absolute atomic E-state index is 0.0905. The van der Waals surface area contributed by atoms with Crippen molar-refractivity contribution in [2.24, 2.45) is 0 Å². The first-order valence-corrected chi connectivity index (χ1v) is 6.41. The van der Waals surface area contributed by atoms with Crippen molar-refractivity contribution < 1.29 is 9.53 Å². The summed E-state index contributed by atoms with van der Waals surface area (Å²) in [6, 6.07) is 8.80. The van der Waals surface area contributed by atoms with Crippen LogP contribution >= 0.6 is 11.6 Å². The van der Waals surface area contributed by atoms with E-state index < -0.39 is 0 Å². The monoisotopic (exact) mass is 291 g/mol. The van der Waals surface area contributed by atoms with Gasteiger partial charge >= 0.3 is 0 Å². The first-order chi connectivity index (χ1) is 9.54. The molecular weight excluding hydrogens is 278 g/mol. The maximum atomic E-state index is 11.7. The molecule has 1 N–H and O–H groups in total. The summed E-state index contributed by atoms with van der Waals surface area (Å²) in [7, 11) is 0. The van der Waals surface area contributed by atoms with Gasteiger partial charge in [-0.15, -0.1) is 10.2 Å². The third-order valence-corrected chi connectivity index (χ3v) is 2.95. The number of amides is 1. The summed E-state index contributed by atoms with van der Waals surface area (Å²) >= 11 is 5.61. The third kappa shape index (κ3) is 3.93. The van der Waals surface area contributed by atoms with E-state index in [0.29, 0.717) is 11.6 Å². The van der Waals surface area contributed by atoms with Gasteiger partial charge in [0, 0.05) is 0 Å². The highest BCUT2D eigenvalue weighted by atomic mass is 35.5. The van der Waals surface area contributed by atoms with Crippen molar-refractivity contribution in [2.75, 3.05) is 11.9 Å². The molecule has 0 bridgehead atoms. The number of anilines is 1. The molecule has 2 aromatic rings. The van der Waals surface area contributed by atoms with Crippen LogP contribution in [0.3, 0.4) is 0 Å². The number of benzene rings is 1. The number of hydrogen-bond donors (Lipinski definition) is 1. The van der Waals surface area contributed by atoms with Crippen molar-refractivity contribution in [3.63, 3.8) is 0 Å². The van der Waals surface area contributed by atoms with Crippen LogP contribution in [0.2, 0.25) is 5.15 Å². The Morgan fingerprint density at radius 2 is 2.00 bits per heavy atom. The van der Waals surface area contributed by atoms with E-state index in [1.807, 2.05) is 32.0 Å². The number of aromatic nitrogens is 2. The molecule has 5 nitrogen and oxygen atoms in total. The minimum Gasteiger partial charge on any atom is -0.484 e. The molecule has 0 aliphatic rings. The van der Waals surface area contributed by atoms with E-state index in [2.05, 4.69) is 15.5 Å². The number of rotatable bonds is 4. The average molecular weight is 292 g/mol. The molecule has 2 rings (SSSR count). The summed E-state index contributed by atoms with van der Waals surface area (Å²) in [6.07, 6.45) is 0. The predicted octanol–water partition coefficient (Wildman–Crippen LogP) is 2.76. The number of halogens is 1. The van der Waals surface area contributed by atoms with E-state index in [0.717, 1.165) is 5.56 Å². The summed E-state index contributed by atoms with van der Waals surface area (Å²) in [5.74, 6) is 0.688. The Bertz CT molecular complexity index is 614. The molecule has 0 unspecified atom stereocenters. The van der Waals surface area contributed by atoms with Gasteiger partial charge in [-0.05, 0) is 49.2 Å². The van der Waals surface area contributed by atoms with Crippen molar-refractivity contribution in [1.29, 1.82) is 0 Å². The zero-order chi connectivity index (χ0) is 14.5. The molecule has 0 saturated carbocycles. The zero-order valence-electron chi connectivity index (χ0n) is 11.2. The van der Waals surface area contributed by atoms with Gasteiger partial charge in [-0.2, -0.15) is 0 Å². The van der Waals surface area contributed by atoms with Crippen molar-refractivity contribution in [3.8, 4) is 5.75 Å². The van der Waals surface area contributed by atoms with Gasteiger partial charge in [0.05, 0.1) is 0 Å². The molecule has 0 aliphatic heterocycles. The van der Waals surface area contributed by atoms with Crippen LogP contribution in [0.5, 0.6) is 5.75 Å². The van der Waals surface area contributed by atoms with Crippen LogP contribution in [0.25, 0.3) is 0 Å². The molecule has 1 aromatic carbocycles. The van der Waals surface area contributed by atoms with Crippen molar-refractivity contribution in [3.05, 3.63) is 46.6 Å². The number of hydrogen-bond acceptors (Lipinski definition) is 4. The van der Waals surface area contributed by atoms with Gasteiger partial charge in [-0.1, -0.05) is 17.7 Å². The van der Waals surface area contributed by atoms with E-state index in [1.54, 1.807) is 12.1 Å². The lowest BCUT2D eigenvalue weighted by atomic mass is 10.1. The Hall–Kier alpha value is -2.14. The number of aryl methyl sites for hydroxylation is 2. The van der Waals surface area contributed by atoms with Gasteiger partial charge in [0.25, 0.3) is 5.91 Å². The lowest BCUT2D eigenvalue weighted by Gasteiger charge is -2.08. The summed E-state index contributed by atoms with van der Waals surface area (Å²) in [5.41, 5.74) is 2.30. The van der Waals surface area contributed by atoms with Crippen molar-refractivity contribution in [2.45, 2.75) is 13.8 Å². The standard InChI is InChI=1S/C14H14ClN3O2/c1-9-3-4-11(7-10(9)2)20-8-14(19)16-13-6-5-12(15)17-18-13/h3-7H,8H2,1-2H3,(H,16,18,19). The minimum atomic E-state index is -0.306. The van der Waals surface area contributed by atoms with E-state index in [4.69, 9.17) is 16.3 Å². The molecule has 0 radical (unpaired) electrons. The second kappa shape index (κ2) is 6.34. The van der Waals surface area contributed by atoms with Crippen LogP contribution < -0.4 is 10.1 Å². The first-order valence-electron chi connectivity index (χ1n) is 6.04. The highest BCUT2D eigenvalue weighted by Crippen LogP contribution is 2.16. The average Bonchev–Trinajstić information content (AvgIpc) is 2.43. The van der Waals surface area contributed by atoms with Gasteiger partial charge in [0.15, 0.2) is 17.6 Å². The molecular formula is C14H14ClN3O2. The zero-order valence-corrected chi connectivity index (χ0v) is 11.9. The highest BCUT2D eigenvalue weighted by Gasteiger charge is 2.05. The molecule has 0 atom stereocenters. The molecule has 0 aliphatic carbocycles. The van der Waals surface area contributed by atoms with Crippen LogP contribution in [-0.4, -0.2) is 22.7 Å². The number of nitrogens with one attached hydrogen (secondary N) is 1. The first kappa shape index (κ1) is 14.3. The largest absolute Gasteiger partial charge is 0.484 e. The SMILES string of the molecule is Cc1ccc(OCC(=O)Nc2ccc(Cl)nn2)cc1C. The van der Waals surface area contributed by atoms with Crippen LogP contribution in [0.1, 0.15) is 11.1 Å². The maximum Gasteiger partial charge on any atom is 0.263 e. The molecule has 20 heavy (non-hydrogen) atoms. The van der Waals surface area contributed by atoms with Gasteiger partial charge in [-0.3, -0.25) is 4.79 Å². The number of carbonyl (C=O) groups excluding carboxylic acids is 1. The van der Waals surface area contributed by atoms with E-state index in [-0.39, 0.29) is 17.7 Å². The number of carbonyl (C=O) groups is 1. The highest BCUT2D eigenvalue weighted by molar-refractivity contribution is 6.29. The smallest absolute Gasteiger partial charge is 0.263 e. The molecule has 0 fully saturated rings. The molecule has 1 heterocycles. The summed E-state index contributed by atoms with van der Waals surface area (Å²) < 4.78 is 5.41. The number of nitrogens with zero attached hydrogens (tertiary/aromatic N) is 2. The lowest BCUT2D eigenvalue weighted by Crippen LogP contribution is -2.21. The maximum absolute atomic E-state index is 11.7. The Kier molecular flexibility index (Phi) is 4.53. The molecule has 0 saturated heterocycles. The third-order valence-electron chi connectivity index (χ3n) is 2.75. The summed E-state index contributed by atoms with van der Waals surface area (Å²) in [4.78, 5) is 11.7. The Morgan fingerprint density at radius 3 is 2.65 bits per heavy atom. The topological polar surface area (TPSA) is 64.1 Å². The van der Waals surface area contributed by atoms with Crippen LogP contribution in [0.15, 0.2) is 30.3 Å². The fraction of sp³-hybridized carbons (Fsp3) is 0.214. The van der Waals surface area contributed by atoms with Crippen molar-refractivity contribution >= 4 is 23.3 Å². The molecule has 6 heteroatoms. The molecule has 0 spiro atoms. The van der Waals surface area contributed by atoms with Crippen LogP contribution in [0, 0.1) is 13.8 Å². The fourth-order valence-electron chi connectivity index (χ4n) is 1.51. The summed E-state index contributed by atoms with van der Waals surface area (Å²) in [6.45, 7) is 3.92. The van der Waals surface area contributed by atoms with Crippen molar-refractivity contribution in [1.82, 2.24) is 10.2 Å². The van der Waals surface area contributed by atoms with E-state index in [1.165, 1.54) is 5.56 Å². The number of ether oxygens (including phenoxy) is 1. The predicted molar refractivity (Wildman–Crippen MR) is 77.1 cm³/mol. The van der Waals surface area contributed by atoms with E-state index >= 15 is 0 Å². The lowest BCUT2D eigenvalue weighted by molar-refractivity contribution is -0.118.